The fraction of sp³-hybridized carbons (Fsp3) is 0.385. The second-order valence-electron chi connectivity index (χ2n) is 4.89. The summed E-state index contributed by atoms with van der Waals surface area (Å²) in [7, 11) is 1.36. The van der Waals surface area contributed by atoms with E-state index < -0.39 is 4.92 Å². The summed E-state index contributed by atoms with van der Waals surface area (Å²) in [5, 5.41) is 24.8. The first-order chi connectivity index (χ1) is 10.1. The van der Waals surface area contributed by atoms with Gasteiger partial charge in [0.25, 0.3) is 0 Å². The van der Waals surface area contributed by atoms with Crippen molar-refractivity contribution in [3.8, 4) is 17.1 Å². The molecule has 0 radical (unpaired) electrons. The summed E-state index contributed by atoms with van der Waals surface area (Å²) >= 11 is 0. The highest BCUT2D eigenvalue weighted by Crippen LogP contribution is 2.39. The number of ether oxygens (including phenoxy) is 1. The lowest BCUT2D eigenvalue weighted by Crippen LogP contribution is -2.00. The average molecular weight is 290 g/mol. The van der Waals surface area contributed by atoms with E-state index >= 15 is 0 Å². The summed E-state index contributed by atoms with van der Waals surface area (Å²) in [6.07, 6.45) is 3.75. The minimum Gasteiger partial charge on any atom is -0.490 e. The first kappa shape index (κ1) is 13.5. The smallest absolute Gasteiger partial charge is 0.312 e. The van der Waals surface area contributed by atoms with Crippen LogP contribution in [-0.2, 0) is 6.61 Å². The number of rotatable bonds is 5. The molecule has 1 heterocycles. The van der Waals surface area contributed by atoms with E-state index in [2.05, 4.69) is 10.1 Å². The number of hydrogen-bond acceptors (Lipinski definition) is 6. The summed E-state index contributed by atoms with van der Waals surface area (Å²) < 4.78 is 6.92. The SMILES string of the molecule is COc1c(-c2ncn(C3CC3)n2)cc(CO)cc1[N+](=O)[O-]. The fourth-order valence-electron chi connectivity index (χ4n) is 2.19. The number of hydrogen-bond donors (Lipinski definition) is 1. The van der Waals surface area contributed by atoms with Gasteiger partial charge in [0.15, 0.2) is 5.82 Å². The molecule has 1 saturated carbocycles. The molecule has 21 heavy (non-hydrogen) atoms. The molecule has 2 aromatic rings. The van der Waals surface area contributed by atoms with Gasteiger partial charge in [-0.2, -0.15) is 5.10 Å². The predicted octanol–water partition coefficient (Wildman–Crippen LogP) is 1.69. The van der Waals surface area contributed by atoms with E-state index in [4.69, 9.17) is 4.74 Å². The Balaban J connectivity index is 2.13. The molecule has 3 rings (SSSR count). The zero-order valence-corrected chi connectivity index (χ0v) is 11.4. The van der Waals surface area contributed by atoms with E-state index in [1.54, 1.807) is 17.1 Å². The van der Waals surface area contributed by atoms with E-state index in [1.165, 1.54) is 13.2 Å². The Morgan fingerprint density at radius 3 is 2.86 bits per heavy atom. The van der Waals surface area contributed by atoms with Crippen LogP contribution in [0.1, 0.15) is 24.4 Å². The number of aromatic nitrogens is 3. The Morgan fingerprint density at radius 2 is 2.29 bits per heavy atom. The van der Waals surface area contributed by atoms with E-state index in [9.17, 15) is 15.2 Å². The van der Waals surface area contributed by atoms with Crippen LogP contribution in [0, 0.1) is 10.1 Å². The van der Waals surface area contributed by atoms with Crippen molar-refractivity contribution in [2.45, 2.75) is 25.5 Å². The van der Waals surface area contributed by atoms with Crippen LogP contribution in [-0.4, -0.2) is 31.9 Å². The molecule has 1 fully saturated rings. The van der Waals surface area contributed by atoms with Crippen LogP contribution in [0.25, 0.3) is 11.4 Å². The maximum atomic E-state index is 11.2. The van der Waals surface area contributed by atoms with Gasteiger partial charge in [0.1, 0.15) is 6.33 Å². The van der Waals surface area contributed by atoms with Gasteiger partial charge in [-0.3, -0.25) is 10.1 Å². The third-order valence-electron chi connectivity index (χ3n) is 3.38. The minimum atomic E-state index is -0.542. The van der Waals surface area contributed by atoms with E-state index in [-0.39, 0.29) is 18.0 Å². The first-order valence-electron chi connectivity index (χ1n) is 6.51. The highest BCUT2D eigenvalue weighted by molar-refractivity contribution is 5.72. The van der Waals surface area contributed by atoms with Crippen LogP contribution in [0.2, 0.25) is 0 Å². The maximum Gasteiger partial charge on any atom is 0.312 e. The zero-order valence-electron chi connectivity index (χ0n) is 11.4. The average Bonchev–Trinajstić information content (AvgIpc) is 3.23. The standard InChI is InChI=1S/C13H14N4O4/c1-21-12-10(4-8(6-18)5-11(12)17(19)20)13-14-7-16(15-13)9-2-3-9/h4-5,7,9,18H,2-3,6H2,1H3. The predicted molar refractivity (Wildman–Crippen MR) is 72.9 cm³/mol. The van der Waals surface area contributed by atoms with Gasteiger partial charge in [0.05, 0.1) is 30.2 Å². The Hall–Kier alpha value is -2.48. The van der Waals surface area contributed by atoms with Gasteiger partial charge < -0.3 is 9.84 Å². The van der Waals surface area contributed by atoms with Crippen molar-refractivity contribution in [2.24, 2.45) is 0 Å². The van der Waals surface area contributed by atoms with Crippen LogP contribution in [0.5, 0.6) is 5.75 Å². The zero-order chi connectivity index (χ0) is 15.0. The summed E-state index contributed by atoms with van der Waals surface area (Å²) in [5.41, 5.74) is 0.622. The van der Waals surface area contributed by atoms with E-state index in [1.807, 2.05) is 0 Å². The number of aliphatic hydroxyl groups is 1. The largest absolute Gasteiger partial charge is 0.490 e. The molecule has 1 aliphatic carbocycles. The van der Waals surface area contributed by atoms with Crippen LogP contribution in [0.4, 0.5) is 5.69 Å². The molecule has 110 valence electrons. The Morgan fingerprint density at radius 1 is 1.52 bits per heavy atom. The molecule has 0 spiro atoms. The van der Waals surface area contributed by atoms with Crippen molar-refractivity contribution in [1.82, 2.24) is 14.8 Å². The molecule has 1 aromatic heterocycles. The van der Waals surface area contributed by atoms with Crippen LogP contribution in [0.3, 0.4) is 0 Å². The van der Waals surface area contributed by atoms with Crippen molar-refractivity contribution < 1.29 is 14.8 Å². The molecule has 0 amide bonds. The van der Waals surface area contributed by atoms with Gasteiger partial charge in [-0.25, -0.2) is 9.67 Å². The molecular formula is C13H14N4O4. The van der Waals surface area contributed by atoms with E-state index in [0.29, 0.717) is 23.0 Å². The molecule has 0 aliphatic heterocycles. The highest BCUT2D eigenvalue weighted by atomic mass is 16.6. The lowest BCUT2D eigenvalue weighted by Gasteiger charge is -2.08. The lowest BCUT2D eigenvalue weighted by molar-refractivity contribution is -0.385. The second-order valence-corrected chi connectivity index (χ2v) is 4.89. The lowest BCUT2D eigenvalue weighted by atomic mass is 10.1. The molecule has 0 saturated heterocycles. The van der Waals surface area contributed by atoms with Crippen LogP contribution >= 0.6 is 0 Å². The Kier molecular flexibility index (Phi) is 3.30. The molecular weight excluding hydrogens is 276 g/mol. The highest BCUT2D eigenvalue weighted by Gasteiger charge is 2.27. The molecule has 1 aromatic carbocycles. The van der Waals surface area contributed by atoms with Crippen LogP contribution in [0.15, 0.2) is 18.5 Å². The van der Waals surface area contributed by atoms with Crippen molar-refractivity contribution in [1.29, 1.82) is 0 Å². The Bertz CT molecular complexity index is 693. The van der Waals surface area contributed by atoms with Gasteiger partial charge in [-0.1, -0.05) is 0 Å². The Labute approximate surface area is 120 Å². The summed E-state index contributed by atoms with van der Waals surface area (Å²) in [4.78, 5) is 14.8. The first-order valence-corrected chi connectivity index (χ1v) is 6.51. The number of benzene rings is 1. The molecule has 1 N–H and O–H groups in total. The van der Waals surface area contributed by atoms with E-state index in [0.717, 1.165) is 12.8 Å². The summed E-state index contributed by atoms with van der Waals surface area (Å²) in [5.74, 6) is 0.461. The quantitative estimate of drug-likeness (QED) is 0.664. The normalized spacial score (nSPS) is 14.2. The molecule has 0 atom stereocenters. The molecule has 0 unspecified atom stereocenters. The van der Waals surface area contributed by atoms with Gasteiger partial charge >= 0.3 is 5.69 Å². The minimum absolute atomic E-state index is 0.103. The topological polar surface area (TPSA) is 103 Å². The van der Waals surface area contributed by atoms with Gasteiger partial charge in [-0.15, -0.1) is 0 Å². The second kappa shape index (κ2) is 5.13. The molecule has 0 bridgehead atoms. The molecule has 1 aliphatic rings. The number of nitrogens with zero attached hydrogens (tertiary/aromatic N) is 4. The molecule has 8 nitrogen and oxygen atoms in total. The van der Waals surface area contributed by atoms with Crippen molar-refractivity contribution in [3.05, 3.63) is 34.1 Å². The maximum absolute atomic E-state index is 11.2. The van der Waals surface area contributed by atoms with Gasteiger partial charge in [-0.05, 0) is 24.5 Å². The van der Waals surface area contributed by atoms with Crippen molar-refractivity contribution >= 4 is 5.69 Å². The molecule has 8 heteroatoms. The van der Waals surface area contributed by atoms with Gasteiger partial charge in [0.2, 0.25) is 5.75 Å². The third kappa shape index (κ3) is 2.45. The van der Waals surface area contributed by atoms with Gasteiger partial charge in [0, 0.05) is 6.07 Å². The number of aliphatic hydroxyl groups excluding tert-OH is 1. The van der Waals surface area contributed by atoms with Crippen molar-refractivity contribution in [3.63, 3.8) is 0 Å². The van der Waals surface area contributed by atoms with Crippen molar-refractivity contribution in [2.75, 3.05) is 7.11 Å². The van der Waals surface area contributed by atoms with Crippen LogP contribution < -0.4 is 4.74 Å². The summed E-state index contributed by atoms with van der Waals surface area (Å²) in [6.45, 7) is -0.304. The third-order valence-corrected chi connectivity index (χ3v) is 3.38. The monoisotopic (exact) mass is 290 g/mol. The fourth-order valence-corrected chi connectivity index (χ4v) is 2.19. The number of methoxy groups -OCH3 is 1. The number of nitro benzene ring substituents is 1. The summed E-state index contributed by atoms with van der Waals surface area (Å²) in [6, 6.07) is 3.27. The number of nitro groups is 1.